The van der Waals surface area contributed by atoms with Crippen LogP contribution in [0.15, 0.2) is 18.2 Å². The molecule has 2 N–H and O–H groups in total. The van der Waals surface area contributed by atoms with Crippen LogP contribution in [0.4, 0.5) is 0 Å². The van der Waals surface area contributed by atoms with Crippen LogP contribution in [-0.4, -0.2) is 68.7 Å². The quantitative estimate of drug-likeness (QED) is 0.552. The summed E-state index contributed by atoms with van der Waals surface area (Å²) in [7, 11) is 1.64. The number of hydrogen-bond donors (Lipinski definition) is 2. The third-order valence-corrected chi connectivity index (χ3v) is 4.39. The molecule has 1 aliphatic heterocycles. The van der Waals surface area contributed by atoms with Crippen molar-refractivity contribution in [2.75, 3.05) is 46.5 Å². The summed E-state index contributed by atoms with van der Waals surface area (Å²) in [6.07, 6.45) is 2.22. The average Bonchev–Trinajstić information content (AvgIpc) is 3.12. The lowest BCUT2D eigenvalue weighted by molar-refractivity contribution is 0.0747. The second kappa shape index (κ2) is 11.4. The molecule has 0 radical (unpaired) electrons. The third-order valence-electron chi connectivity index (χ3n) is 4.39. The highest BCUT2D eigenvalue weighted by Crippen LogP contribution is 2.28. The fourth-order valence-corrected chi connectivity index (χ4v) is 3.04. The molecule has 6 nitrogen and oxygen atoms in total. The zero-order valence-electron chi connectivity index (χ0n) is 16.4. The summed E-state index contributed by atoms with van der Waals surface area (Å²) in [6.45, 7) is 9.41. The van der Waals surface area contributed by atoms with Crippen molar-refractivity contribution in [1.82, 2.24) is 10.2 Å². The maximum Gasteiger partial charge on any atom is 0.161 e. The smallest absolute Gasteiger partial charge is 0.161 e. The van der Waals surface area contributed by atoms with Gasteiger partial charge >= 0.3 is 0 Å². The molecular formula is C20H34N2O4. The van der Waals surface area contributed by atoms with Gasteiger partial charge in [-0.2, -0.15) is 0 Å². The summed E-state index contributed by atoms with van der Waals surface area (Å²) in [4.78, 5) is 2.28. The van der Waals surface area contributed by atoms with Gasteiger partial charge in [0.25, 0.3) is 0 Å². The Hall–Kier alpha value is -1.34. The topological polar surface area (TPSA) is 63.2 Å². The molecule has 0 aliphatic carbocycles. The van der Waals surface area contributed by atoms with E-state index in [9.17, 15) is 5.11 Å². The predicted molar refractivity (Wildman–Crippen MR) is 103 cm³/mol. The van der Waals surface area contributed by atoms with Gasteiger partial charge in [0.05, 0.1) is 19.8 Å². The number of ether oxygens (including phenoxy) is 3. The van der Waals surface area contributed by atoms with Gasteiger partial charge in [0, 0.05) is 19.6 Å². The minimum Gasteiger partial charge on any atom is -0.493 e. The summed E-state index contributed by atoms with van der Waals surface area (Å²) < 4.78 is 16.7. The van der Waals surface area contributed by atoms with Gasteiger partial charge in [-0.05, 0) is 57.5 Å². The fraction of sp³-hybridized carbons (Fsp3) is 0.700. The van der Waals surface area contributed by atoms with Crippen LogP contribution in [0.2, 0.25) is 0 Å². The molecule has 1 fully saturated rings. The molecule has 1 aromatic rings. The van der Waals surface area contributed by atoms with E-state index < -0.39 is 6.10 Å². The van der Waals surface area contributed by atoms with E-state index in [0.29, 0.717) is 24.7 Å². The first-order chi connectivity index (χ1) is 12.6. The van der Waals surface area contributed by atoms with Crippen molar-refractivity contribution in [3.8, 4) is 11.5 Å². The minimum absolute atomic E-state index is 0.258. The highest BCUT2D eigenvalue weighted by atomic mass is 16.5. The first-order valence-electron chi connectivity index (χ1n) is 9.61. The van der Waals surface area contributed by atoms with Gasteiger partial charge < -0.3 is 29.5 Å². The van der Waals surface area contributed by atoms with Crippen LogP contribution in [0, 0.1) is 0 Å². The molecule has 0 amide bonds. The van der Waals surface area contributed by atoms with E-state index in [1.54, 1.807) is 7.11 Å². The number of rotatable bonds is 12. The summed E-state index contributed by atoms with van der Waals surface area (Å²) in [5.41, 5.74) is 1.12. The lowest BCUT2D eigenvalue weighted by Crippen LogP contribution is -2.33. The van der Waals surface area contributed by atoms with Gasteiger partial charge in [-0.25, -0.2) is 0 Å². The number of aliphatic hydroxyl groups excluding tert-OH is 1. The molecule has 6 heteroatoms. The molecular weight excluding hydrogens is 332 g/mol. The molecule has 1 saturated heterocycles. The Morgan fingerprint density at radius 1 is 1.19 bits per heavy atom. The number of hydrogen-bond acceptors (Lipinski definition) is 6. The van der Waals surface area contributed by atoms with Crippen LogP contribution in [-0.2, 0) is 11.3 Å². The van der Waals surface area contributed by atoms with Gasteiger partial charge in [-0.3, -0.25) is 0 Å². The summed E-state index contributed by atoms with van der Waals surface area (Å²) in [5, 5.41) is 13.5. The average molecular weight is 367 g/mol. The van der Waals surface area contributed by atoms with Gasteiger partial charge in [-0.15, -0.1) is 0 Å². The SMILES string of the molecule is COc1cc(CNCCOC(C)C)ccc1OCC(O)CN1CCCC1. The number of likely N-dealkylation sites (tertiary alicyclic amines) is 1. The zero-order valence-corrected chi connectivity index (χ0v) is 16.4. The predicted octanol–water partition coefficient (Wildman–Crippen LogP) is 2.05. The summed E-state index contributed by atoms with van der Waals surface area (Å²) in [6, 6.07) is 5.89. The van der Waals surface area contributed by atoms with Crippen molar-refractivity contribution in [3.05, 3.63) is 23.8 Å². The van der Waals surface area contributed by atoms with Crippen LogP contribution < -0.4 is 14.8 Å². The van der Waals surface area contributed by atoms with Crippen molar-refractivity contribution in [1.29, 1.82) is 0 Å². The first kappa shape index (κ1) is 21.0. The summed E-state index contributed by atoms with van der Waals surface area (Å²) >= 11 is 0. The van der Waals surface area contributed by atoms with E-state index in [2.05, 4.69) is 10.2 Å². The second-order valence-electron chi connectivity index (χ2n) is 7.05. The van der Waals surface area contributed by atoms with E-state index in [1.165, 1.54) is 12.8 Å². The van der Waals surface area contributed by atoms with Crippen molar-refractivity contribution in [2.24, 2.45) is 0 Å². The largest absolute Gasteiger partial charge is 0.493 e. The number of β-amino-alcohol motifs (C(OH)–C–C–N with tert-alkyl or cyclic N) is 1. The lowest BCUT2D eigenvalue weighted by Gasteiger charge is -2.20. The van der Waals surface area contributed by atoms with Crippen molar-refractivity contribution >= 4 is 0 Å². The molecule has 1 aromatic carbocycles. The molecule has 0 bridgehead atoms. The molecule has 0 saturated carbocycles. The van der Waals surface area contributed by atoms with Gasteiger partial charge in [-0.1, -0.05) is 6.07 Å². The number of benzene rings is 1. The van der Waals surface area contributed by atoms with E-state index in [4.69, 9.17) is 14.2 Å². The number of methoxy groups -OCH3 is 1. The molecule has 148 valence electrons. The van der Waals surface area contributed by atoms with Crippen molar-refractivity contribution in [3.63, 3.8) is 0 Å². The molecule has 26 heavy (non-hydrogen) atoms. The Bertz CT molecular complexity index is 519. The van der Waals surface area contributed by atoms with Crippen LogP contribution in [0.3, 0.4) is 0 Å². The molecule has 1 heterocycles. The molecule has 2 rings (SSSR count). The van der Waals surface area contributed by atoms with Gasteiger partial charge in [0.15, 0.2) is 11.5 Å². The maximum absolute atomic E-state index is 10.2. The van der Waals surface area contributed by atoms with Crippen LogP contribution in [0.1, 0.15) is 32.3 Å². The van der Waals surface area contributed by atoms with Gasteiger partial charge in [0.2, 0.25) is 0 Å². The zero-order chi connectivity index (χ0) is 18.8. The van der Waals surface area contributed by atoms with E-state index in [-0.39, 0.29) is 12.7 Å². The standard InChI is InChI=1S/C20H34N2O4/c1-16(2)25-11-8-21-13-17-6-7-19(20(12-17)24-3)26-15-18(23)14-22-9-4-5-10-22/h6-7,12,16,18,21,23H,4-5,8-11,13-15H2,1-3H3. The normalized spacial score (nSPS) is 16.2. The minimum atomic E-state index is -0.486. The molecule has 1 atom stereocenters. The number of aliphatic hydroxyl groups is 1. The Labute approximate surface area is 157 Å². The van der Waals surface area contributed by atoms with Crippen LogP contribution in [0.5, 0.6) is 11.5 Å². The Balaban J connectivity index is 1.75. The Morgan fingerprint density at radius 3 is 2.65 bits per heavy atom. The maximum atomic E-state index is 10.2. The summed E-state index contributed by atoms with van der Waals surface area (Å²) in [5.74, 6) is 1.36. The van der Waals surface area contributed by atoms with Gasteiger partial charge in [0.1, 0.15) is 12.7 Å². The lowest BCUT2D eigenvalue weighted by atomic mass is 10.2. The molecule has 1 aliphatic rings. The Kier molecular flexibility index (Phi) is 9.18. The highest BCUT2D eigenvalue weighted by molar-refractivity contribution is 5.43. The van der Waals surface area contributed by atoms with E-state index in [1.807, 2.05) is 32.0 Å². The first-order valence-corrected chi connectivity index (χ1v) is 9.61. The van der Waals surface area contributed by atoms with Crippen molar-refractivity contribution in [2.45, 2.75) is 45.4 Å². The van der Waals surface area contributed by atoms with E-state index in [0.717, 1.165) is 31.7 Å². The molecule has 1 unspecified atom stereocenters. The fourth-order valence-electron chi connectivity index (χ4n) is 3.04. The molecule has 0 aromatic heterocycles. The monoisotopic (exact) mass is 366 g/mol. The Morgan fingerprint density at radius 2 is 1.96 bits per heavy atom. The second-order valence-corrected chi connectivity index (χ2v) is 7.05. The van der Waals surface area contributed by atoms with Crippen LogP contribution >= 0.6 is 0 Å². The van der Waals surface area contributed by atoms with Crippen molar-refractivity contribution < 1.29 is 19.3 Å². The number of nitrogens with one attached hydrogen (secondary N) is 1. The number of nitrogens with zero attached hydrogens (tertiary/aromatic N) is 1. The molecule has 0 spiro atoms. The third kappa shape index (κ3) is 7.50. The van der Waals surface area contributed by atoms with E-state index >= 15 is 0 Å². The highest BCUT2D eigenvalue weighted by Gasteiger charge is 2.16. The van der Waals surface area contributed by atoms with Crippen LogP contribution in [0.25, 0.3) is 0 Å².